The summed E-state index contributed by atoms with van der Waals surface area (Å²) in [6.45, 7) is 3.83. The van der Waals surface area contributed by atoms with Crippen LogP contribution in [-0.2, 0) is 21.8 Å². The Labute approximate surface area is 195 Å². The van der Waals surface area contributed by atoms with Gasteiger partial charge in [-0.05, 0) is 37.1 Å². The van der Waals surface area contributed by atoms with Crippen molar-refractivity contribution in [2.45, 2.75) is 31.3 Å². The molecule has 0 saturated heterocycles. The average Bonchev–Trinajstić information content (AvgIpc) is 3.20. The molecule has 8 nitrogen and oxygen atoms in total. The lowest BCUT2D eigenvalue weighted by Crippen LogP contribution is -2.39. The van der Waals surface area contributed by atoms with Crippen LogP contribution in [0.15, 0.2) is 53.7 Å². The number of aromatic nitrogens is 3. The Balaban J connectivity index is 1.78. The summed E-state index contributed by atoms with van der Waals surface area (Å²) in [6, 6.07) is 15.1. The maximum atomic E-state index is 12.1. The lowest BCUT2D eigenvalue weighted by atomic mass is 10.2. The fourth-order valence-corrected chi connectivity index (χ4v) is 3.97. The largest absolute Gasteiger partial charge is 0.465 e. The van der Waals surface area contributed by atoms with Gasteiger partial charge >= 0.3 is 12.0 Å². The molecule has 0 fully saturated rings. The number of rotatable bonds is 9. The highest BCUT2D eigenvalue weighted by molar-refractivity contribution is 7.98. The van der Waals surface area contributed by atoms with E-state index < -0.39 is 12.0 Å². The van der Waals surface area contributed by atoms with E-state index in [4.69, 9.17) is 16.3 Å². The zero-order valence-electron chi connectivity index (χ0n) is 17.8. The van der Waals surface area contributed by atoms with Gasteiger partial charge in [-0.3, -0.25) is 9.36 Å². The van der Waals surface area contributed by atoms with Crippen molar-refractivity contribution in [3.05, 3.63) is 70.5 Å². The van der Waals surface area contributed by atoms with E-state index in [2.05, 4.69) is 33.0 Å². The zero-order chi connectivity index (χ0) is 22.9. The van der Waals surface area contributed by atoms with Crippen LogP contribution in [-0.4, -0.2) is 39.9 Å². The van der Waals surface area contributed by atoms with E-state index in [9.17, 15) is 9.59 Å². The Bertz CT molecular complexity index is 1070. The van der Waals surface area contributed by atoms with E-state index in [1.165, 1.54) is 0 Å². The van der Waals surface area contributed by atoms with Crippen LogP contribution < -0.4 is 10.6 Å². The summed E-state index contributed by atoms with van der Waals surface area (Å²) in [7, 11) is 0. The normalized spacial score (nSPS) is 10.6. The predicted octanol–water partition coefficient (Wildman–Crippen LogP) is 3.88. The van der Waals surface area contributed by atoms with Gasteiger partial charge in [0.05, 0.1) is 18.8 Å². The van der Waals surface area contributed by atoms with E-state index in [-0.39, 0.29) is 19.7 Å². The van der Waals surface area contributed by atoms with Gasteiger partial charge < -0.3 is 15.4 Å². The van der Waals surface area contributed by atoms with Crippen molar-refractivity contribution >= 4 is 35.4 Å². The van der Waals surface area contributed by atoms with Crippen LogP contribution in [0, 0.1) is 6.92 Å². The number of hydrogen-bond donors (Lipinski definition) is 2. The quantitative estimate of drug-likeness (QED) is 0.361. The molecule has 2 amide bonds. The van der Waals surface area contributed by atoms with Crippen molar-refractivity contribution in [1.29, 1.82) is 0 Å². The van der Waals surface area contributed by atoms with Gasteiger partial charge in [0.1, 0.15) is 6.54 Å². The molecule has 2 aromatic carbocycles. The van der Waals surface area contributed by atoms with E-state index in [0.29, 0.717) is 21.8 Å². The summed E-state index contributed by atoms with van der Waals surface area (Å²) in [5.74, 6) is 0.753. The molecule has 0 radical (unpaired) electrons. The Morgan fingerprint density at radius 1 is 1.12 bits per heavy atom. The molecule has 0 saturated carbocycles. The fourth-order valence-electron chi connectivity index (χ4n) is 2.88. The van der Waals surface area contributed by atoms with Gasteiger partial charge in [-0.1, -0.05) is 59.8 Å². The molecule has 3 rings (SSSR count). The smallest absolute Gasteiger partial charge is 0.325 e. The number of esters is 1. The Morgan fingerprint density at radius 3 is 2.66 bits per heavy atom. The molecule has 0 bridgehead atoms. The number of carbonyl (C=O) groups is 2. The third kappa shape index (κ3) is 6.48. The highest BCUT2D eigenvalue weighted by Gasteiger charge is 2.17. The van der Waals surface area contributed by atoms with E-state index in [0.717, 1.165) is 16.8 Å². The fraction of sp³-hybridized carbons (Fsp3) is 0.273. The molecule has 0 aliphatic carbocycles. The van der Waals surface area contributed by atoms with Crippen LogP contribution in [0.3, 0.4) is 0 Å². The second kappa shape index (κ2) is 11.5. The molecule has 0 spiro atoms. The van der Waals surface area contributed by atoms with Gasteiger partial charge in [-0.25, -0.2) is 4.79 Å². The number of nitrogens with zero attached hydrogens (tertiary/aromatic N) is 3. The van der Waals surface area contributed by atoms with Crippen LogP contribution in [0.5, 0.6) is 0 Å². The minimum atomic E-state index is -0.506. The molecule has 0 aliphatic rings. The van der Waals surface area contributed by atoms with E-state index >= 15 is 0 Å². The van der Waals surface area contributed by atoms with Crippen LogP contribution in [0.4, 0.5) is 4.79 Å². The van der Waals surface area contributed by atoms with Gasteiger partial charge in [-0.2, -0.15) is 0 Å². The number of benzene rings is 2. The first kappa shape index (κ1) is 23.6. The highest BCUT2D eigenvalue weighted by atomic mass is 35.5. The SMILES string of the molecule is CCOC(=O)CNC(=O)NCc1nnc(SCc2ccccc2)n1-c1cc(Cl)ccc1C. The first-order valence-corrected chi connectivity index (χ1v) is 11.4. The zero-order valence-corrected chi connectivity index (χ0v) is 19.4. The highest BCUT2D eigenvalue weighted by Crippen LogP contribution is 2.28. The minimum Gasteiger partial charge on any atom is -0.465 e. The first-order chi connectivity index (χ1) is 15.5. The van der Waals surface area contributed by atoms with Crippen molar-refractivity contribution < 1.29 is 14.3 Å². The Kier molecular flexibility index (Phi) is 8.52. The monoisotopic (exact) mass is 473 g/mol. The summed E-state index contributed by atoms with van der Waals surface area (Å²) in [5, 5.41) is 15.1. The third-order valence-corrected chi connectivity index (χ3v) is 5.66. The van der Waals surface area contributed by atoms with Crippen molar-refractivity contribution in [2.75, 3.05) is 13.2 Å². The molecule has 168 valence electrons. The van der Waals surface area contributed by atoms with Gasteiger partial charge in [0, 0.05) is 10.8 Å². The molecule has 3 aromatic rings. The molecular weight excluding hydrogens is 450 g/mol. The molecule has 1 heterocycles. The van der Waals surface area contributed by atoms with Crippen molar-refractivity contribution in [3.63, 3.8) is 0 Å². The van der Waals surface area contributed by atoms with Gasteiger partial charge in [0.25, 0.3) is 0 Å². The summed E-state index contributed by atoms with van der Waals surface area (Å²) >= 11 is 7.79. The molecule has 1 aromatic heterocycles. The van der Waals surface area contributed by atoms with Gasteiger partial charge in [-0.15, -0.1) is 10.2 Å². The van der Waals surface area contributed by atoms with E-state index in [1.807, 2.05) is 47.9 Å². The Morgan fingerprint density at radius 2 is 1.91 bits per heavy atom. The van der Waals surface area contributed by atoms with Gasteiger partial charge in [0.2, 0.25) is 0 Å². The number of ether oxygens (including phenoxy) is 1. The van der Waals surface area contributed by atoms with Crippen LogP contribution in [0.1, 0.15) is 23.9 Å². The lowest BCUT2D eigenvalue weighted by Gasteiger charge is -2.14. The number of aryl methyl sites for hydroxylation is 1. The summed E-state index contributed by atoms with van der Waals surface area (Å²) < 4.78 is 6.69. The van der Waals surface area contributed by atoms with Crippen LogP contribution in [0.2, 0.25) is 5.02 Å². The molecular formula is C22H24ClN5O3S. The van der Waals surface area contributed by atoms with Crippen molar-refractivity contribution in [2.24, 2.45) is 0 Å². The minimum absolute atomic E-state index is 0.111. The third-order valence-electron chi connectivity index (χ3n) is 4.43. The molecule has 32 heavy (non-hydrogen) atoms. The second-order valence-electron chi connectivity index (χ2n) is 6.78. The number of hydrogen-bond acceptors (Lipinski definition) is 6. The maximum absolute atomic E-state index is 12.1. The number of thioether (sulfide) groups is 1. The summed E-state index contributed by atoms with van der Waals surface area (Å²) in [6.07, 6.45) is 0. The molecule has 2 N–H and O–H groups in total. The number of urea groups is 1. The predicted molar refractivity (Wildman–Crippen MR) is 124 cm³/mol. The number of amides is 2. The molecule has 10 heteroatoms. The first-order valence-electron chi connectivity index (χ1n) is 10.0. The maximum Gasteiger partial charge on any atom is 0.325 e. The summed E-state index contributed by atoms with van der Waals surface area (Å²) in [5.41, 5.74) is 2.98. The van der Waals surface area contributed by atoms with E-state index in [1.54, 1.807) is 18.7 Å². The molecule has 0 aliphatic heterocycles. The summed E-state index contributed by atoms with van der Waals surface area (Å²) in [4.78, 5) is 23.5. The average molecular weight is 474 g/mol. The van der Waals surface area contributed by atoms with Crippen LogP contribution in [0.25, 0.3) is 5.69 Å². The van der Waals surface area contributed by atoms with Gasteiger partial charge in [0.15, 0.2) is 11.0 Å². The van der Waals surface area contributed by atoms with Crippen molar-refractivity contribution in [1.82, 2.24) is 25.4 Å². The van der Waals surface area contributed by atoms with Crippen LogP contribution >= 0.6 is 23.4 Å². The number of carbonyl (C=O) groups excluding carboxylic acids is 2. The lowest BCUT2D eigenvalue weighted by molar-refractivity contribution is -0.141. The number of halogens is 1. The van der Waals surface area contributed by atoms with Crippen molar-refractivity contribution in [3.8, 4) is 5.69 Å². The second-order valence-corrected chi connectivity index (χ2v) is 8.16. The molecule has 0 atom stereocenters. The topological polar surface area (TPSA) is 98.1 Å². The Hall–Kier alpha value is -3.04. The number of nitrogens with one attached hydrogen (secondary N) is 2. The standard InChI is InChI=1S/C22H24ClN5O3S/c1-3-31-20(29)13-25-21(30)24-12-19-26-27-22(32-14-16-7-5-4-6-8-16)28(19)18-11-17(23)10-9-15(18)2/h4-11H,3,12-14H2,1-2H3,(H2,24,25,30). The molecule has 0 unspecified atom stereocenters.